The summed E-state index contributed by atoms with van der Waals surface area (Å²) in [6.07, 6.45) is 3.59. The number of nitrogens with one attached hydrogen (secondary N) is 2. The Balaban J connectivity index is 1.62. The van der Waals surface area contributed by atoms with Gasteiger partial charge in [0, 0.05) is 54.0 Å². The molecule has 0 spiro atoms. The Hall–Kier alpha value is -3.17. The Bertz CT molecular complexity index is 1050. The van der Waals surface area contributed by atoms with Crippen LogP contribution in [0, 0.1) is 0 Å². The minimum atomic E-state index is -0.257. The van der Waals surface area contributed by atoms with Crippen LogP contribution in [0.5, 0.6) is 0 Å². The molecule has 2 aromatic heterocycles. The van der Waals surface area contributed by atoms with Gasteiger partial charge in [0.25, 0.3) is 0 Å². The van der Waals surface area contributed by atoms with Gasteiger partial charge in [0.1, 0.15) is 5.82 Å². The quantitative estimate of drug-likeness (QED) is 0.552. The van der Waals surface area contributed by atoms with Crippen LogP contribution in [0.1, 0.15) is 12.6 Å². The predicted octanol–water partition coefficient (Wildman–Crippen LogP) is 3.81. The molecular weight excluding hydrogens is 424 g/mol. The summed E-state index contributed by atoms with van der Waals surface area (Å²) >= 11 is 1.72. The molecule has 1 aliphatic rings. The fourth-order valence-corrected chi connectivity index (χ4v) is 4.17. The van der Waals surface area contributed by atoms with Gasteiger partial charge in [0.05, 0.1) is 24.9 Å². The van der Waals surface area contributed by atoms with Crippen LogP contribution in [-0.4, -0.2) is 53.8 Å². The monoisotopic (exact) mass is 450 g/mol. The van der Waals surface area contributed by atoms with Gasteiger partial charge < -0.3 is 20.3 Å². The van der Waals surface area contributed by atoms with E-state index in [1.54, 1.807) is 31.2 Å². The number of rotatable bonds is 6. The molecule has 1 aliphatic heterocycles. The number of anilines is 2. The smallest absolute Gasteiger partial charge is 0.318 e. The second kappa shape index (κ2) is 10.4. The molecule has 3 heterocycles. The lowest BCUT2D eigenvalue weighted by Gasteiger charge is -2.34. The SMILES string of the molecule is CNC(=O)Nc1ccc(-c2nc(CSc3ccncc3)cc(N3CCOC[C@@H]3C)n2)cc1. The molecule has 166 valence electrons. The van der Waals surface area contributed by atoms with Crippen molar-refractivity contribution in [1.82, 2.24) is 20.3 Å². The van der Waals surface area contributed by atoms with E-state index in [1.807, 2.05) is 36.4 Å². The zero-order valence-corrected chi connectivity index (χ0v) is 18.9. The van der Waals surface area contributed by atoms with E-state index in [0.29, 0.717) is 24.7 Å². The Kier molecular flexibility index (Phi) is 7.18. The normalized spacial score (nSPS) is 15.9. The maximum atomic E-state index is 11.6. The third-order valence-electron chi connectivity index (χ3n) is 5.09. The Labute approximate surface area is 191 Å². The number of carbonyl (C=O) groups is 1. The molecule has 1 fully saturated rings. The van der Waals surface area contributed by atoms with Gasteiger partial charge in [-0.15, -0.1) is 11.8 Å². The van der Waals surface area contributed by atoms with Gasteiger partial charge in [-0.2, -0.15) is 0 Å². The number of morpholine rings is 1. The molecule has 0 aliphatic carbocycles. The number of nitrogens with zero attached hydrogens (tertiary/aromatic N) is 4. The number of hydrogen-bond donors (Lipinski definition) is 2. The molecule has 8 nitrogen and oxygen atoms in total. The summed E-state index contributed by atoms with van der Waals surface area (Å²) in [5.74, 6) is 2.29. The molecule has 0 bridgehead atoms. The van der Waals surface area contributed by atoms with Crippen LogP contribution < -0.4 is 15.5 Å². The highest BCUT2D eigenvalue weighted by atomic mass is 32.2. The highest BCUT2D eigenvalue weighted by Gasteiger charge is 2.22. The summed E-state index contributed by atoms with van der Waals surface area (Å²) in [5, 5.41) is 5.31. The van der Waals surface area contributed by atoms with Gasteiger partial charge in [-0.05, 0) is 43.3 Å². The number of pyridine rings is 1. The van der Waals surface area contributed by atoms with Crippen molar-refractivity contribution in [1.29, 1.82) is 0 Å². The van der Waals surface area contributed by atoms with Gasteiger partial charge in [-0.1, -0.05) is 0 Å². The number of urea groups is 1. The zero-order valence-electron chi connectivity index (χ0n) is 18.1. The average molecular weight is 451 g/mol. The molecule has 9 heteroatoms. The summed E-state index contributed by atoms with van der Waals surface area (Å²) in [4.78, 5) is 28.8. The number of ether oxygens (including phenoxy) is 1. The summed E-state index contributed by atoms with van der Waals surface area (Å²) in [6, 6.07) is 13.6. The third-order valence-corrected chi connectivity index (χ3v) is 6.14. The van der Waals surface area contributed by atoms with Gasteiger partial charge in [-0.3, -0.25) is 4.98 Å². The van der Waals surface area contributed by atoms with Gasteiger partial charge in [0.15, 0.2) is 5.82 Å². The minimum Gasteiger partial charge on any atom is -0.377 e. The molecule has 0 radical (unpaired) electrons. The average Bonchev–Trinajstić information content (AvgIpc) is 2.84. The summed E-state index contributed by atoms with van der Waals surface area (Å²) in [7, 11) is 1.58. The van der Waals surface area contributed by atoms with E-state index in [0.717, 1.165) is 34.3 Å². The molecular formula is C23H26N6O2S. The first-order valence-electron chi connectivity index (χ1n) is 10.5. The summed E-state index contributed by atoms with van der Waals surface area (Å²) < 4.78 is 5.60. The van der Waals surface area contributed by atoms with Crippen LogP contribution in [0.15, 0.2) is 59.8 Å². The summed E-state index contributed by atoms with van der Waals surface area (Å²) in [6.45, 7) is 4.31. The van der Waals surface area contributed by atoms with Crippen LogP contribution in [-0.2, 0) is 10.5 Å². The Morgan fingerprint density at radius 1 is 1.19 bits per heavy atom. The Morgan fingerprint density at radius 3 is 2.69 bits per heavy atom. The number of carbonyl (C=O) groups excluding carboxylic acids is 1. The zero-order chi connectivity index (χ0) is 22.3. The Morgan fingerprint density at radius 2 is 1.97 bits per heavy atom. The molecule has 0 unspecified atom stereocenters. The number of thioether (sulfide) groups is 1. The largest absolute Gasteiger partial charge is 0.377 e. The topological polar surface area (TPSA) is 92.3 Å². The van der Waals surface area contributed by atoms with Crippen molar-refractivity contribution >= 4 is 29.3 Å². The van der Waals surface area contributed by atoms with Gasteiger partial charge in [-0.25, -0.2) is 14.8 Å². The van der Waals surface area contributed by atoms with E-state index < -0.39 is 0 Å². The van der Waals surface area contributed by atoms with Crippen LogP contribution in [0.3, 0.4) is 0 Å². The third kappa shape index (κ3) is 5.54. The van der Waals surface area contributed by atoms with E-state index in [2.05, 4.69) is 33.5 Å². The standard InChI is InChI=1S/C23H26N6O2S/c1-16-14-31-12-11-29(16)21-13-19(15-32-20-7-9-25-10-8-20)26-22(28-21)17-3-5-18(6-4-17)27-23(30)24-2/h3-10,13,16H,11-12,14-15H2,1-2H3,(H2,24,27,30)/t16-/m0/s1. The fourth-order valence-electron chi connectivity index (χ4n) is 3.39. The predicted molar refractivity (Wildman–Crippen MR) is 127 cm³/mol. The van der Waals surface area contributed by atoms with Crippen molar-refractivity contribution in [2.45, 2.75) is 23.6 Å². The number of benzene rings is 1. The second-order valence-electron chi connectivity index (χ2n) is 7.41. The van der Waals surface area contributed by atoms with Crippen molar-refractivity contribution in [2.24, 2.45) is 0 Å². The molecule has 3 aromatic rings. The highest BCUT2D eigenvalue weighted by molar-refractivity contribution is 7.98. The van der Waals surface area contributed by atoms with E-state index in [4.69, 9.17) is 14.7 Å². The van der Waals surface area contributed by atoms with E-state index in [-0.39, 0.29) is 12.1 Å². The molecule has 1 atom stereocenters. The van der Waals surface area contributed by atoms with Crippen molar-refractivity contribution in [3.63, 3.8) is 0 Å². The first-order valence-corrected chi connectivity index (χ1v) is 11.5. The van der Waals surface area contributed by atoms with Crippen LogP contribution in [0.2, 0.25) is 0 Å². The maximum absolute atomic E-state index is 11.6. The first kappa shape index (κ1) is 22.0. The number of hydrogen-bond acceptors (Lipinski definition) is 7. The first-order chi connectivity index (χ1) is 15.6. The van der Waals surface area contributed by atoms with Gasteiger partial charge in [0.2, 0.25) is 0 Å². The highest BCUT2D eigenvalue weighted by Crippen LogP contribution is 2.27. The lowest BCUT2D eigenvalue weighted by atomic mass is 10.2. The van der Waals surface area contributed by atoms with Crippen molar-refractivity contribution in [3.8, 4) is 11.4 Å². The van der Waals surface area contributed by atoms with E-state index >= 15 is 0 Å². The molecule has 0 saturated carbocycles. The lowest BCUT2D eigenvalue weighted by molar-refractivity contribution is 0.0985. The second-order valence-corrected chi connectivity index (χ2v) is 8.46. The lowest BCUT2D eigenvalue weighted by Crippen LogP contribution is -2.44. The van der Waals surface area contributed by atoms with E-state index in [9.17, 15) is 4.79 Å². The number of aromatic nitrogens is 3. The van der Waals surface area contributed by atoms with Crippen LogP contribution >= 0.6 is 11.8 Å². The van der Waals surface area contributed by atoms with Gasteiger partial charge >= 0.3 is 6.03 Å². The molecule has 2 amide bonds. The fraction of sp³-hybridized carbons (Fsp3) is 0.304. The molecule has 1 aromatic carbocycles. The summed E-state index contributed by atoms with van der Waals surface area (Å²) in [5.41, 5.74) is 2.56. The minimum absolute atomic E-state index is 0.242. The molecule has 32 heavy (non-hydrogen) atoms. The van der Waals surface area contributed by atoms with E-state index in [1.165, 1.54) is 0 Å². The molecule has 1 saturated heterocycles. The van der Waals surface area contributed by atoms with Crippen molar-refractivity contribution in [2.75, 3.05) is 37.0 Å². The van der Waals surface area contributed by atoms with Crippen molar-refractivity contribution in [3.05, 3.63) is 60.6 Å². The van der Waals surface area contributed by atoms with Crippen LogP contribution in [0.4, 0.5) is 16.3 Å². The molecule has 2 N–H and O–H groups in total. The number of amides is 2. The molecule has 4 rings (SSSR count). The maximum Gasteiger partial charge on any atom is 0.318 e. The van der Waals surface area contributed by atoms with Crippen LogP contribution in [0.25, 0.3) is 11.4 Å². The van der Waals surface area contributed by atoms with Crippen molar-refractivity contribution < 1.29 is 9.53 Å².